The molecule has 0 aliphatic carbocycles. The molecule has 1 nitrogen and oxygen atoms in total. The number of hydrogen-bond acceptors (Lipinski definition) is 1. The molecule has 0 bridgehead atoms. The second-order valence-electron chi connectivity index (χ2n) is 4.75. The van der Waals surface area contributed by atoms with Crippen LogP contribution in [0.1, 0.15) is 30.9 Å². The van der Waals surface area contributed by atoms with Crippen molar-refractivity contribution in [3.8, 4) is 5.75 Å². The monoisotopic (exact) mass is 278 g/mol. The normalized spacial score (nSPS) is 10.8. The van der Waals surface area contributed by atoms with Crippen LogP contribution in [0.3, 0.4) is 0 Å². The molecule has 2 rings (SSSR count). The van der Waals surface area contributed by atoms with Gasteiger partial charge in [-0.25, -0.2) is 4.39 Å². The molecule has 0 saturated carbocycles. The molecule has 0 aromatic heterocycles. The molecule has 3 heteroatoms. The van der Waals surface area contributed by atoms with Crippen LogP contribution >= 0.6 is 11.6 Å². The van der Waals surface area contributed by atoms with Crippen molar-refractivity contribution in [1.29, 1.82) is 0 Å². The van der Waals surface area contributed by atoms with E-state index in [0.29, 0.717) is 16.5 Å². The highest BCUT2D eigenvalue weighted by Gasteiger charge is 2.04. The van der Waals surface area contributed by atoms with Gasteiger partial charge in [0.15, 0.2) is 0 Å². The van der Waals surface area contributed by atoms with E-state index in [2.05, 4.69) is 13.8 Å². The summed E-state index contributed by atoms with van der Waals surface area (Å²) in [5.41, 5.74) is 1.75. The standard InChI is InChI=1S/C16H16ClFO/c1-11(2)12-4-7-15(8-5-12)19-10-13-3-6-14(17)9-16(13)18/h3-9,11H,10H2,1-2H3. The van der Waals surface area contributed by atoms with E-state index in [4.69, 9.17) is 16.3 Å². The van der Waals surface area contributed by atoms with Gasteiger partial charge in [0.05, 0.1) is 0 Å². The Morgan fingerprint density at radius 3 is 2.37 bits per heavy atom. The zero-order chi connectivity index (χ0) is 13.8. The Morgan fingerprint density at radius 2 is 1.79 bits per heavy atom. The van der Waals surface area contributed by atoms with Crippen molar-refractivity contribution in [2.45, 2.75) is 26.4 Å². The Bertz CT molecular complexity index is 549. The number of ether oxygens (including phenoxy) is 1. The molecule has 0 radical (unpaired) electrons. The fourth-order valence-corrected chi connectivity index (χ4v) is 1.91. The van der Waals surface area contributed by atoms with Crippen molar-refractivity contribution in [3.63, 3.8) is 0 Å². The van der Waals surface area contributed by atoms with E-state index in [1.807, 2.05) is 24.3 Å². The summed E-state index contributed by atoms with van der Waals surface area (Å²) >= 11 is 5.70. The number of hydrogen-bond donors (Lipinski definition) is 0. The molecule has 0 fully saturated rings. The molecule has 0 spiro atoms. The molecule has 2 aromatic rings. The minimum absolute atomic E-state index is 0.198. The number of benzene rings is 2. The van der Waals surface area contributed by atoms with Crippen molar-refractivity contribution < 1.29 is 9.13 Å². The summed E-state index contributed by atoms with van der Waals surface area (Å²) < 4.78 is 19.1. The fraction of sp³-hybridized carbons (Fsp3) is 0.250. The highest BCUT2D eigenvalue weighted by atomic mass is 35.5. The van der Waals surface area contributed by atoms with Gasteiger partial charge in [-0.05, 0) is 35.7 Å². The zero-order valence-corrected chi connectivity index (χ0v) is 11.7. The molecule has 0 heterocycles. The summed E-state index contributed by atoms with van der Waals surface area (Å²) in [7, 11) is 0. The minimum atomic E-state index is -0.341. The smallest absolute Gasteiger partial charge is 0.131 e. The van der Waals surface area contributed by atoms with Gasteiger partial charge in [0.1, 0.15) is 18.2 Å². The first-order valence-corrected chi connectivity index (χ1v) is 6.61. The Balaban J connectivity index is 2.02. The first-order chi connectivity index (χ1) is 9.06. The lowest BCUT2D eigenvalue weighted by Gasteiger charge is -2.09. The van der Waals surface area contributed by atoms with Crippen LogP contribution in [0.2, 0.25) is 5.02 Å². The quantitative estimate of drug-likeness (QED) is 0.748. The van der Waals surface area contributed by atoms with Crippen LogP contribution in [0.5, 0.6) is 5.75 Å². The van der Waals surface area contributed by atoms with Crippen molar-refractivity contribution in [2.75, 3.05) is 0 Å². The Hall–Kier alpha value is -1.54. The Kier molecular flexibility index (Phi) is 4.43. The summed E-state index contributed by atoms with van der Waals surface area (Å²) in [6.07, 6.45) is 0. The molecule has 0 amide bonds. The number of halogens is 2. The molecule has 19 heavy (non-hydrogen) atoms. The van der Waals surface area contributed by atoms with E-state index < -0.39 is 0 Å². The van der Waals surface area contributed by atoms with Gasteiger partial charge < -0.3 is 4.74 Å². The molecule has 0 aliphatic rings. The Labute approximate surface area is 118 Å². The molecular formula is C16H16ClFO. The lowest BCUT2D eigenvalue weighted by atomic mass is 10.0. The van der Waals surface area contributed by atoms with Crippen molar-refractivity contribution in [2.24, 2.45) is 0 Å². The average molecular weight is 279 g/mol. The molecule has 0 unspecified atom stereocenters. The minimum Gasteiger partial charge on any atom is -0.489 e. The third-order valence-corrected chi connectivity index (χ3v) is 3.19. The van der Waals surface area contributed by atoms with Crippen LogP contribution in [-0.4, -0.2) is 0 Å². The summed E-state index contributed by atoms with van der Waals surface area (Å²) in [6, 6.07) is 12.5. The van der Waals surface area contributed by atoms with Crippen LogP contribution in [-0.2, 0) is 6.61 Å². The first-order valence-electron chi connectivity index (χ1n) is 6.23. The van der Waals surface area contributed by atoms with Crippen LogP contribution in [0.25, 0.3) is 0 Å². The van der Waals surface area contributed by atoms with Crippen LogP contribution in [0, 0.1) is 5.82 Å². The summed E-state index contributed by atoms with van der Waals surface area (Å²) in [4.78, 5) is 0. The molecular weight excluding hydrogens is 263 g/mol. The highest BCUT2D eigenvalue weighted by Crippen LogP contribution is 2.20. The first kappa shape index (κ1) is 13.9. The van der Waals surface area contributed by atoms with E-state index in [9.17, 15) is 4.39 Å². The van der Waals surface area contributed by atoms with Crippen molar-refractivity contribution in [1.82, 2.24) is 0 Å². The Morgan fingerprint density at radius 1 is 1.11 bits per heavy atom. The van der Waals surface area contributed by atoms with Crippen LogP contribution in [0.15, 0.2) is 42.5 Å². The second-order valence-corrected chi connectivity index (χ2v) is 5.18. The summed E-state index contributed by atoms with van der Waals surface area (Å²) in [6.45, 7) is 4.47. The molecule has 0 aliphatic heterocycles. The maximum atomic E-state index is 13.6. The average Bonchev–Trinajstić information content (AvgIpc) is 2.38. The van der Waals surface area contributed by atoms with E-state index in [-0.39, 0.29) is 12.4 Å². The summed E-state index contributed by atoms with van der Waals surface area (Å²) in [5, 5.41) is 0.391. The van der Waals surface area contributed by atoms with Crippen molar-refractivity contribution >= 4 is 11.6 Å². The topological polar surface area (TPSA) is 9.23 Å². The zero-order valence-electron chi connectivity index (χ0n) is 11.0. The molecule has 100 valence electrons. The third kappa shape index (κ3) is 3.71. The van der Waals surface area contributed by atoms with Crippen LogP contribution in [0.4, 0.5) is 4.39 Å². The van der Waals surface area contributed by atoms with Gasteiger partial charge in [-0.2, -0.15) is 0 Å². The van der Waals surface area contributed by atoms with E-state index in [1.165, 1.54) is 11.6 Å². The van der Waals surface area contributed by atoms with Gasteiger partial charge in [-0.3, -0.25) is 0 Å². The number of rotatable bonds is 4. The van der Waals surface area contributed by atoms with Gasteiger partial charge in [0.25, 0.3) is 0 Å². The van der Waals surface area contributed by atoms with Crippen molar-refractivity contribution in [3.05, 3.63) is 64.4 Å². The van der Waals surface area contributed by atoms with E-state index in [1.54, 1.807) is 12.1 Å². The lowest BCUT2D eigenvalue weighted by molar-refractivity contribution is 0.300. The third-order valence-electron chi connectivity index (χ3n) is 2.96. The lowest BCUT2D eigenvalue weighted by Crippen LogP contribution is -1.98. The van der Waals surface area contributed by atoms with Crippen LogP contribution < -0.4 is 4.74 Å². The maximum Gasteiger partial charge on any atom is 0.131 e. The van der Waals surface area contributed by atoms with Gasteiger partial charge in [0, 0.05) is 10.6 Å². The second kappa shape index (κ2) is 6.07. The molecule has 0 saturated heterocycles. The molecule has 0 N–H and O–H groups in total. The van der Waals surface area contributed by atoms with Gasteiger partial charge >= 0.3 is 0 Å². The SMILES string of the molecule is CC(C)c1ccc(OCc2ccc(Cl)cc2F)cc1. The maximum absolute atomic E-state index is 13.6. The van der Waals surface area contributed by atoms with Gasteiger partial charge in [0.2, 0.25) is 0 Å². The predicted octanol–water partition coefficient (Wildman–Crippen LogP) is 5.18. The van der Waals surface area contributed by atoms with Gasteiger partial charge in [-0.1, -0.05) is 43.6 Å². The largest absolute Gasteiger partial charge is 0.489 e. The summed E-state index contributed by atoms with van der Waals surface area (Å²) in [5.74, 6) is 0.882. The van der Waals surface area contributed by atoms with Gasteiger partial charge in [-0.15, -0.1) is 0 Å². The fourth-order valence-electron chi connectivity index (χ4n) is 1.75. The van der Waals surface area contributed by atoms with E-state index in [0.717, 1.165) is 5.75 Å². The molecule has 2 aromatic carbocycles. The predicted molar refractivity (Wildman–Crippen MR) is 76.3 cm³/mol. The highest BCUT2D eigenvalue weighted by molar-refractivity contribution is 6.30. The molecule has 0 atom stereocenters. The van der Waals surface area contributed by atoms with E-state index >= 15 is 0 Å².